The summed E-state index contributed by atoms with van der Waals surface area (Å²) in [5.74, 6) is 0. The molecule has 2 N–H and O–H groups in total. The third-order valence-corrected chi connectivity index (χ3v) is 2.78. The first-order valence-corrected chi connectivity index (χ1v) is 5.80. The first-order chi connectivity index (χ1) is 9.27. The van der Waals surface area contributed by atoms with Gasteiger partial charge in [-0.3, -0.25) is 4.98 Å². The van der Waals surface area contributed by atoms with Gasteiger partial charge in [0.15, 0.2) is 0 Å². The van der Waals surface area contributed by atoms with E-state index >= 15 is 0 Å². The van der Waals surface area contributed by atoms with Crippen LogP contribution < -0.4 is 5.46 Å². The molecular formula is C13H11BF3NO2. The Kier molecular flexibility index (Phi) is 3.83. The van der Waals surface area contributed by atoms with Crippen LogP contribution in [0.15, 0.2) is 36.4 Å². The molecule has 1 aromatic carbocycles. The van der Waals surface area contributed by atoms with Gasteiger partial charge in [-0.2, -0.15) is 13.2 Å². The Morgan fingerprint density at radius 3 is 2.15 bits per heavy atom. The Morgan fingerprint density at radius 1 is 1.05 bits per heavy atom. The molecule has 0 fully saturated rings. The Hall–Kier alpha value is -1.86. The predicted octanol–water partition coefficient (Wildman–Crippen LogP) is 1.76. The minimum Gasteiger partial charge on any atom is -0.423 e. The van der Waals surface area contributed by atoms with Crippen LogP contribution in [0.3, 0.4) is 0 Å². The predicted molar refractivity (Wildman–Crippen MR) is 69.2 cm³/mol. The Balaban J connectivity index is 2.41. The average Bonchev–Trinajstić information content (AvgIpc) is 2.37. The van der Waals surface area contributed by atoms with E-state index in [9.17, 15) is 13.2 Å². The second-order valence-corrected chi connectivity index (χ2v) is 4.38. The third kappa shape index (κ3) is 3.18. The number of rotatable bonds is 2. The first kappa shape index (κ1) is 14.6. The van der Waals surface area contributed by atoms with Crippen molar-refractivity contribution in [3.8, 4) is 11.3 Å². The summed E-state index contributed by atoms with van der Waals surface area (Å²) in [7, 11) is -1.65. The molecule has 1 heterocycles. The molecule has 2 rings (SSSR count). The van der Waals surface area contributed by atoms with Gasteiger partial charge in [-0.05, 0) is 36.7 Å². The van der Waals surface area contributed by atoms with E-state index in [1.807, 2.05) is 0 Å². The van der Waals surface area contributed by atoms with E-state index in [2.05, 4.69) is 4.98 Å². The molecule has 0 saturated carbocycles. The molecule has 3 nitrogen and oxygen atoms in total. The SMILES string of the molecule is Cc1cc(B(O)O)cc(-c2ccc(C(F)(F)F)cc2)n1. The highest BCUT2D eigenvalue weighted by atomic mass is 19.4. The van der Waals surface area contributed by atoms with Gasteiger partial charge in [-0.25, -0.2) is 0 Å². The molecular weight excluding hydrogens is 270 g/mol. The monoisotopic (exact) mass is 281 g/mol. The van der Waals surface area contributed by atoms with Crippen LogP contribution in [0.4, 0.5) is 13.2 Å². The Bertz CT molecular complexity index is 612. The van der Waals surface area contributed by atoms with Crippen LogP contribution in [0.2, 0.25) is 0 Å². The van der Waals surface area contributed by atoms with E-state index in [1.54, 1.807) is 6.92 Å². The van der Waals surface area contributed by atoms with E-state index in [0.717, 1.165) is 12.1 Å². The van der Waals surface area contributed by atoms with Crippen LogP contribution in [0, 0.1) is 6.92 Å². The molecule has 0 spiro atoms. The van der Waals surface area contributed by atoms with Crippen molar-refractivity contribution in [2.45, 2.75) is 13.1 Å². The summed E-state index contributed by atoms with van der Waals surface area (Å²) >= 11 is 0. The molecule has 0 atom stereocenters. The van der Waals surface area contributed by atoms with Crippen LogP contribution in [0.1, 0.15) is 11.3 Å². The van der Waals surface area contributed by atoms with Crippen LogP contribution in [0.25, 0.3) is 11.3 Å². The van der Waals surface area contributed by atoms with Crippen molar-refractivity contribution >= 4 is 12.6 Å². The molecule has 104 valence electrons. The van der Waals surface area contributed by atoms with Crippen molar-refractivity contribution in [1.29, 1.82) is 0 Å². The molecule has 0 radical (unpaired) electrons. The standard InChI is InChI=1S/C13H11BF3NO2/c1-8-6-11(14(19)20)7-12(18-8)9-2-4-10(5-3-9)13(15,16)17/h2-7,19-20H,1H3. The quantitative estimate of drug-likeness (QED) is 0.825. The molecule has 0 aliphatic heterocycles. The largest absolute Gasteiger partial charge is 0.488 e. The van der Waals surface area contributed by atoms with Gasteiger partial charge in [0.1, 0.15) is 0 Å². The summed E-state index contributed by atoms with van der Waals surface area (Å²) < 4.78 is 37.4. The number of aryl methyl sites for hydroxylation is 1. The number of nitrogens with zero attached hydrogens (tertiary/aromatic N) is 1. The van der Waals surface area contributed by atoms with E-state index < -0.39 is 18.9 Å². The van der Waals surface area contributed by atoms with Gasteiger partial charge in [-0.15, -0.1) is 0 Å². The first-order valence-electron chi connectivity index (χ1n) is 5.80. The van der Waals surface area contributed by atoms with Crippen molar-refractivity contribution in [1.82, 2.24) is 4.98 Å². The maximum atomic E-state index is 12.5. The van der Waals surface area contributed by atoms with Crippen molar-refractivity contribution in [3.63, 3.8) is 0 Å². The second-order valence-electron chi connectivity index (χ2n) is 4.38. The van der Waals surface area contributed by atoms with E-state index in [4.69, 9.17) is 10.0 Å². The highest BCUT2D eigenvalue weighted by Crippen LogP contribution is 2.30. The summed E-state index contributed by atoms with van der Waals surface area (Å²) in [5, 5.41) is 18.3. The zero-order valence-corrected chi connectivity index (χ0v) is 10.5. The van der Waals surface area contributed by atoms with Crippen molar-refractivity contribution in [2.75, 3.05) is 0 Å². The number of aromatic nitrogens is 1. The molecule has 1 aromatic heterocycles. The smallest absolute Gasteiger partial charge is 0.423 e. The van der Waals surface area contributed by atoms with E-state index in [0.29, 0.717) is 17.0 Å². The fourth-order valence-corrected chi connectivity index (χ4v) is 1.82. The van der Waals surface area contributed by atoms with Crippen LogP contribution >= 0.6 is 0 Å². The maximum Gasteiger partial charge on any atom is 0.488 e. The fourth-order valence-electron chi connectivity index (χ4n) is 1.82. The van der Waals surface area contributed by atoms with Crippen LogP contribution in [-0.4, -0.2) is 22.2 Å². The van der Waals surface area contributed by atoms with Gasteiger partial charge < -0.3 is 10.0 Å². The van der Waals surface area contributed by atoms with Gasteiger partial charge in [-0.1, -0.05) is 12.1 Å². The van der Waals surface area contributed by atoms with Crippen molar-refractivity contribution in [3.05, 3.63) is 47.7 Å². The molecule has 0 aliphatic rings. The molecule has 0 saturated heterocycles. The lowest BCUT2D eigenvalue weighted by molar-refractivity contribution is -0.137. The maximum absolute atomic E-state index is 12.5. The lowest BCUT2D eigenvalue weighted by Crippen LogP contribution is -2.30. The number of hydrogen-bond acceptors (Lipinski definition) is 3. The summed E-state index contributed by atoms with van der Waals surface area (Å²) in [6.45, 7) is 1.67. The van der Waals surface area contributed by atoms with Crippen LogP contribution in [0.5, 0.6) is 0 Å². The number of hydrogen-bond donors (Lipinski definition) is 2. The molecule has 0 unspecified atom stereocenters. The lowest BCUT2D eigenvalue weighted by atomic mass is 9.80. The Morgan fingerprint density at radius 2 is 1.65 bits per heavy atom. The number of alkyl halides is 3. The molecule has 0 aliphatic carbocycles. The fraction of sp³-hybridized carbons (Fsp3) is 0.154. The number of benzene rings is 1. The molecule has 0 bridgehead atoms. The number of pyridine rings is 1. The summed E-state index contributed by atoms with van der Waals surface area (Å²) in [6.07, 6.45) is -4.38. The van der Waals surface area contributed by atoms with Gasteiger partial charge in [0.25, 0.3) is 0 Å². The molecule has 0 amide bonds. The summed E-state index contributed by atoms with van der Waals surface area (Å²) in [5.41, 5.74) is 0.916. The zero-order valence-electron chi connectivity index (χ0n) is 10.5. The third-order valence-electron chi connectivity index (χ3n) is 2.78. The summed E-state index contributed by atoms with van der Waals surface area (Å²) in [6, 6.07) is 7.47. The second kappa shape index (κ2) is 5.26. The van der Waals surface area contributed by atoms with Crippen molar-refractivity contribution < 1.29 is 23.2 Å². The van der Waals surface area contributed by atoms with Gasteiger partial charge in [0.05, 0.1) is 11.3 Å². The lowest BCUT2D eigenvalue weighted by Gasteiger charge is -2.09. The summed E-state index contributed by atoms with van der Waals surface area (Å²) in [4.78, 5) is 4.17. The Labute approximate surface area is 113 Å². The number of halogens is 3. The minimum absolute atomic E-state index is 0.243. The van der Waals surface area contributed by atoms with E-state index in [1.165, 1.54) is 24.3 Å². The minimum atomic E-state index is -4.38. The van der Waals surface area contributed by atoms with E-state index in [-0.39, 0.29) is 5.46 Å². The topological polar surface area (TPSA) is 53.4 Å². The van der Waals surface area contributed by atoms with Gasteiger partial charge >= 0.3 is 13.3 Å². The van der Waals surface area contributed by atoms with Crippen LogP contribution in [-0.2, 0) is 6.18 Å². The van der Waals surface area contributed by atoms with Crippen molar-refractivity contribution in [2.24, 2.45) is 0 Å². The normalized spacial score (nSPS) is 11.5. The molecule has 7 heteroatoms. The highest BCUT2D eigenvalue weighted by molar-refractivity contribution is 6.58. The highest BCUT2D eigenvalue weighted by Gasteiger charge is 2.30. The average molecular weight is 281 g/mol. The molecule has 2 aromatic rings. The molecule has 20 heavy (non-hydrogen) atoms. The van der Waals surface area contributed by atoms with Gasteiger partial charge in [0.2, 0.25) is 0 Å². The zero-order chi connectivity index (χ0) is 14.9. The van der Waals surface area contributed by atoms with Gasteiger partial charge in [0, 0.05) is 11.3 Å².